The molecule has 0 spiro atoms. The van der Waals surface area contributed by atoms with Crippen LogP contribution < -0.4 is 0 Å². The highest BCUT2D eigenvalue weighted by Gasteiger charge is 2.16. The van der Waals surface area contributed by atoms with Gasteiger partial charge in [-0.05, 0) is 64.2 Å². The van der Waals surface area contributed by atoms with Crippen LogP contribution in [0.25, 0.3) is 0 Å². The number of esters is 2. The molecule has 5 heteroatoms. The van der Waals surface area contributed by atoms with Gasteiger partial charge >= 0.3 is 11.9 Å². The molecule has 0 aromatic carbocycles. The van der Waals surface area contributed by atoms with Crippen molar-refractivity contribution in [1.82, 2.24) is 0 Å². The molecule has 91 heavy (non-hydrogen) atoms. The van der Waals surface area contributed by atoms with Crippen LogP contribution >= 0.6 is 0 Å². The van der Waals surface area contributed by atoms with Gasteiger partial charge in [-0.15, -0.1) is 0 Å². The predicted molar refractivity (Wildman–Crippen MR) is 403 cm³/mol. The molecule has 0 aromatic heterocycles. The van der Waals surface area contributed by atoms with Crippen LogP contribution in [0.1, 0.15) is 444 Å². The van der Waals surface area contributed by atoms with Gasteiger partial charge in [0, 0.05) is 12.8 Å². The second-order valence-electron chi connectivity index (χ2n) is 27.8. The maximum Gasteiger partial charge on any atom is 0.306 e. The van der Waals surface area contributed by atoms with E-state index in [1.807, 2.05) is 0 Å². The molecule has 5 nitrogen and oxygen atoms in total. The first-order valence-electron chi connectivity index (χ1n) is 41.0. The maximum absolute atomic E-state index is 12.4. The maximum atomic E-state index is 12.4. The molecule has 0 heterocycles. The summed E-state index contributed by atoms with van der Waals surface area (Å²) >= 11 is 0. The van der Waals surface area contributed by atoms with E-state index >= 15 is 0 Å². The van der Waals surface area contributed by atoms with E-state index in [2.05, 4.69) is 86.8 Å². The van der Waals surface area contributed by atoms with E-state index in [0.29, 0.717) is 12.8 Å². The number of allylic oxidation sites excluding steroid dienone is 12. The average molecular weight is 1270 g/mol. The summed E-state index contributed by atoms with van der Waals surface area (Å²) in [4.78, 5) is 24.7. The summed E-state index contributed by atoms with van der Waals surface area (Å²) in [5, 5.41) is 9.73. The Morgan fingerprint density at radius 1 is 0.264 bits per heavy atom. The zero-order chi connectivity index (χ0) is 65.4. The largest absolute Gasteiger partial charge is 0.462 e. The average Bonchev–Trinajstić information content (AvgIpc) is 3.68. The minimum absolute atomic E-state index is 0.0597. The summed E-state index contributed by atoms with van der Waals surface area (Å²) < 4.78 is 10.8. The van der Waals surface area contributed by atoms with Gasteiger partial charge in [0.2, 0.25) is 0 Å². The Kier molecular flexibility index (Phi) is 79.2. The number of carbonyl (C=O) groups is 2. The first kappa shape index (κ1) is 88.3. The molecule has 1 atom stereocenters. The van der Waals surface area contributed by atoms with Gasteiger partial charge < -0.3 is 14.6 Å². The van der Waals surface area contributed by atoms with Gasteiger partial charge in [0.1, 0.15) is 6.61 Å². The van der Waals surface area contributed by atoms with Crippen molar-refractivity contribution in [2.45, 2.75) is 450 Å². The number of carbonyl (C=O) groups excluding carboxylic acids is 2. The molecule has 0 aromatic rings. The van der Waals surface area contributed by atoms with Gasteiger partial charge in [0.05, 0.1) is 6.61 Å². The van der Waals surface area contributed by atoms with Crippen molar-refractivity contribution in [3.8, 4) is 0 Å². The number of ether oxygens (including phenoxy) is 2. The highest BCUT2D eigenvalue weighted by molar-refractivity contribution is 5.70. The molecular weight excluding hydrogens is 1110 g/mol. The summed E-state index contributed by atoms with van der Waals surface area (Å²) in [6, 6.07) is 0. The molecule has 1 N–H and O–H groups in total. The fourth-order valence-electron chi connectivity index (χ4n) is 12.7. The highest BCUT2D eigenvalue weighted by Crippen LogP contribution is 2.20. The Labute approximate surface area is 569 Å². The van der Waals surface area contributed by atoms with Crippen LogP contribution in [-0.4, -0.2) is 36.4 Å². The first-order chi connectivity index (χ1) is 45.1. The molecule has 0 aliphatic carbocycles. The minimum atomic E-state index is -0.772. The fourth-order valence-corrected chi connectivity index (χ4v) is 12.7. The third-order valence-corrected chi connectivity index (χ3v) is 18.8. The smallest absolute Gasteiger partial charge is 0.306 e. The zero-order valence-corrected chi connectivity index (χ0v) is 61.4. The lowest BCUT2D eigenvalue weighted by molar-refractivity contribution is -0.161. The second kappa shape index (κ2) is 81.6. The summed E-state index contributed by atoms with van der Waals surface area (Å²) in [7, 11) is 0. The third kappa shape index (κ3) is 79.7. The molecule has 0 amide bonds. The molecule has 0 bridgehead atoms. The van der Waals surface area contributed by atoms with Gasteiger partial charge in [-0.3, -0.25) is 9.59 Å². The Balaban J connectivity index is 3.37. The van der Waals surface area contributed by atoms with Crippen molar-refractivity contribution in [2.75, 3.05) is 13.2 Å². The van der Waals surface area contributed by atoms with Crippen molar-refractivity contribution in [1.29, 1.82) is 0 Å². The van der Waals surface area contributed by atoms with Gasteiger partial charge in [-0.2, -0.15) is 0 Å². The van der Waals surface area contributed by atoms with Crippen molar-refractivity contribution in [3.63, 3.8) is 0 Å². The van der Waals surface area contributed by atoms with E-state index in [1.54, 1.807) is 0 Å². The van der Waals surface area contributed by atoms with Gasteiger partial charge in [0.25, 0.3) is 0 Å². The molecule has 0 saturated heterocycles. The quantitative estimate of drug-likeness (QED) is 0.0373. The molecule has 532 valence electrons. The molecule has 0 rings (SSSR count). The summed E-state index contributed by atoms with van der Waals surface area (Å²) in [5.41, 5.74) is 0. The van der Waals surface area contributed by atoms with Crippen molar-refractivity contribution < 1.29 is 24.2 Å². The van der Waals surface area contributed by atoms with E-state index in [-0.39, 0.29) is 25.2 Å². The highest BCUT2D eigenvalue weighted by atomic mass is 16.6. The lowest BCUT2D eigenvalue weighted by Crippen LogP contribution is -2.28. The van der Waals surface area contributed by atoms with Crippen molar-refractivity contribution >= 4 is 11.9 Å². The minimum Gasteiger partial charge on any atom is -0.462 e. The number of hydrogen-bond donors (Lipinski definition) is 1. The number of unbranched alkanes of at least 4 members (excludes halogenated alkanes) is 57. The van der Waals surface area contributed by atoms with Crippen LogP contribution in [0.4, 0.5) is 0 Å². The molecule has 0 aliphatic rings. The molecule has 0 aliphatic heterocycles. The van der Waals surface area contributed by atoms with Crippen LogP contribution in [0.3, 0.4) is 0 Å². The first-order valence-corrected chi connectivity index (χ1v) is 41.0. The Bertz CT molecular complexity index is 1590. The van der Waals surface area contributed by atoms with E-state index < -0.39 is 6.10 Å². The van der Waals surface area contributed by atoms with Gasteiger partial charge in [-0.25, -0.2) is 0 Å². The monoisotopic (exact) mass is 1270 g/mol. The van der Waals surface area contributed by atoms with E-state index in [4.69, 9.17) is 9.47 Å². The van der Waals surface area contributed by atoms with Crippen LogP contribution in [0, 0.1) is 0 Å². The SMILES string of the molecule is CC/C=C\C/C=C\C/C=C\C/C=C\C/C=C\C/C=C\CCCCCCCCCCCCCCCCCCCCCCCCC(=O)OC(CO)COC(=O)CCCCCCCCCCCCCCCCCCCCCCCCCCCCCCCCCCCCCC. The molecule has 0 saturated carbocycles. The van der Waals surface area contributed by atoms with E-state index in [0.717, 1.165) is 70.6 Å². The Morgan fingerprint density at radius 3 is 0.714 bits per heavy atom. The lowest BCUT2D eigenvalue weighted by atomic mass is 10.0. The standard InChI is InChI=1S/C86H158O5/c1-3-5-7-9-11-13-15-17-19-21-23-25-27-29-31-33-35-37-39-41-42-43-44-45-47-49-51-53-55-57-59-61-63-65-67-69-71-73-75-77-79-81-86(89)91-84(82-87)83-90-85(88)80-78-76-74-72-70-68-66-64-62-60-58-56-54-52-50-48-46-40-38-36-34-32-30-28-26-24-22-20-18-16-14-12-10-8-6-4-2/h5,7,11,13,17,19,23,25,29,31,35,37,84,87H,3-4,6,8-10,12,14-16,18,20-22,24,26-28,30,32-34,36,38-83H2,1-2H3/b7-5-,13-11-,19-17-,25-23-,31-29-,37-35-. The topological polar surface area (TPSA) is 72.8 Å². The Hall–Kier alpha value is -2.66. The predicted octanol–water partition coefficient (Wildman–Crippen LogP) is 28.9. The second-order valence-corrected chi connectivity index (χ2v) is 27.8. The summed E-state index contributed by atoms with van der Waals surface area (Å²) in [6.45, 7) is 4.09. The zero-order valence-electron chi connectivity index (χ0n) is 61.4. The van der Waals surface area contributed by atoms with E-state index in [9.17, 15) is 14.7 Å². The lowest BCUT2D eigenvalue weighted by Gasteiger charge is -2.15. The molecule has 0 radical (unpaired) electrons. The normalized spacial score (nSPS) is 12.5. The number of hydrogen-bond acceptors (Lipinski definition) is 5. The van der Waals surface area contributed by atoms with Gasteiger partial charge in [0.15, 0.2) is 6.10 Å². The number of aliphatic hydroxyl groups excluding tert-OH is 1. The number of aliphatic hydroxyl groups is 1. The van der Waals surface area contributed by atoms with Crippen LogP contribution in [0.2, 0.25) is 0 Å². The summed E-state index contributed by atoms with van der Waals surface area (Å²) in [6.07, 6.45) is 114. The Morgan fingerprint density at radius 2 is 0.473 bits per heavy atom. The molecular formula is C86H158O5. The molecule has 0 fully saturated rings. The van der Waals surface area contributed by atoms with Crippen LogP contribution in [0.5, 0.6) is 0 Å². The van der Waals surface area contributed by atoms with Crippen molar-refractivity contribution in [3.05, 3.63) is 72.9 Å². The molecule has 1 unspecified atom stereocenters. The van der Waals surface area contributed by atoms with E-state index in [1.165, 1.54) is 347 Å². The third-order valence-electron chi connectivity index (χ3n) is 18.8. The fraction of sp³-hybridized carbons (Fsp3) is 0.837. The van der Waals surface area contributed by atoms with Crippen LogP contribution in [-0.2, 0) is 19.1 Å². The van der Waals surface area contributed by atoms with Gasteiger partial charge in [-0.1, -0.05) is 440 Å². The van der Waals surface area contributed by atoms with Crippen molar-refractivity contribution in [2.24, 2.45) is 0 Å². The number of rotatable bonds is 77. The van der Waals surface area contributed by atoms with Crippen LogP contribution in [0.15, 0.2) is 72.9 Å². The summed E-state index contributed by atoms with van der Waals surface area (Å²) in [5.74, 6) is -0.564.